The maximum absolute atomic E-state index is 11.9. The monoisotopic (exact) mass is 251 g/mol. The zero-order valence-corrected chi connectivity index (χ0v) is 8.73. The number of alkyl halides is 3. The van der Waals surface area contributed by atoms with Gasteiger partial charge in [0.25, 0.3) is 0 Å². The summed E-state index contributed by atoms with van der Waals surface area (Å²) in [6.45, 7) is -0.676. The van der Waals surface area contributed by atoms with Crippen molar-refractivity contribution in [2.45, 2.75) is 18.0 Å². The summed E-state index contributed by atoms with van der Waals surface area (Å²) in [5, 5.41) is 8.49. The van der Waals surface area contributed by atoms with E-state index in [2.05, 4.69) is 4.74 Å². The highest BCUT2D eigenvalue weighted by molar-refractivity contribution is 7.90. The fourth-order valence-corrected chi connectivity index (χ4v) is 1.58. The SMILES string of the molecule is COCC(CCO)NS(=O)(=O)C(F)(F)F. The van der Waals surface area contributed by atoms with Gasteiger partial charge in [-0.2, -0.15) is 13.2 Å². The lowest BCUT2D eigenvalue weighted by Gasteiger charge is -2.17. The predicted octanol–water partition coefficient (Wildman–Crippen LogP) is -0.177. The molecular weight excluding hydrogens is 239 g/mol. The van der Waals surface area contributed by atoms with Crippen LogP contribution in [0.25, 0.3) is 0 Å². The zero-order chi connectivity index (χ0) is 12.1. The number of aliphatic hydroxyl groups excluding tert-OH is 1. The highest BCUT2D eigenvalue weighted by Crippen LogP contribution is 2.22. The zero-order valence-electron chi connectivity index (χ0n) is 7.91. The summed E-state index contributed by atoms with van der Waals surface area (Å²) in [4.78, 5) is 0. The number of hydrogen-bond donors (Lipinski definition) is 2. The maximum atomic E-state index is 11.9. The van der Waals surface area contributed by atoms with Crippen LogP contribution < -0.4 is 4.72 Å². The molecule has 0 saturated carbocycles. The lowest BCUT2D eigenvalue weighted by atomic mass is 10.2. The van der Waals surface area contributed by atoms with E-state index in [1.165, 1.54) is 11.8 Å². The molecule has 1 unspecified atom stereocenters. The fraction of sp³-hybridized carbons (Fsp3) is 1.00. The van der Waals surface area contributed by atoms with Gasteiger partial charge < -0.3 is 9.84 Å². The third kappa shape index (κ3) is 4.78. The number of rotatable bonds is 6. The third-order valence-corrected chi connectivity index (χ3v) is 2.72. The summed E-state index contributed by atoms with van der Waals surface area (Å²) >= 11 is 0. The normalized spacial score (nSPS) is 15.3. The molecule has 0 spiro atoms. The van der Waals surface area contributed by atoms with Crippen LogP contribution in [0.5, 0.6) is 0 Å². The van der Waals surface area contributed by atoms with E-state index in [0.717, 1.165) is 0 Å². The minimum Gasteiger partial charge on any atom is -0.396 e. The van der Waals surface area contributed by atoms with Gasteiger partial charge in [-0.1, -0.05) is 0 Å². The van der Waals surface area contributed by atoms with Crippen LogP contribution in [0.4, 0.5) is 13.2 Å². The second kappa shape index (κ2) is 5.64. The second-order valence-electron chi connectivity index (χ2n) is 2.73. The highest BCUT2D eigenvalue weighted by Gasteiger charge is 2.46. The Morgan fingerprint density at radius 2 is 2.00 bits per heavy atom. The van der Waals surface area contributed by atoms with Gasteiger partial charge in [-0.25, -0.2) is 13.1 Å². The van der Waals surface area contributed by atoms with Gasteiger partial charge in [-0.05, 0) is 6.42 Å². The summed E-state index contributed by atoms with van der Waals surface area (Å²) in [6.07, 6.45) is -0.150. The number of hydrogen-bond acceptors (Lipinski definition) is 4. The van der Waals surface area contributed by atoms with Crippen molar-refractivity contribution in [3.63, 3.8) is 0 Å². The lowest BCUT2D eigenvalue weighted by Crippen LogP contribution is -2.45. The average Bonchev–Trinajstić information content (AvgIpc) is 2.02. The van der Waals surface area contributed by atoms with E-state index in [1.54, 1.807) is 0 Å². The van der Waals surface area contributed by atoms with E-state index >= 15 is 0 Å². The number of sulfonamides is 1. The van der Waals surface area contributed by atoms with Gasteiger partial charge in [0, 0.05) is 19.8 Å². The standard InChI is InChI=1S/C6H12F3NO4S/c1-14-4-5(2-3-11)10-15(12,13)6(7,8)9/h5,10-11H,2-4H2,1H3. The molecule has 0 aromatic rings. The van der Waals surface area contributed by atoms with Crippen LogP contribution >= 0.6 is 0 Å². The van der Waals surface area contributed by atoms with Crippen molar-refractivity contribution in [2.75, 3.05) is 20.3 Å². The van der Waals surface area contributed by atoms with E-state index in [1.807, 2.05) is 0 Å². The first-order chi connectivity index (χ1) is 6.74. The number of nitrogens with one attached hydrogen (secondary N) is 1. The van der Waals surface area contributed by atoms with Crippen molar-refractivity contribution in [1.82, 2.24) is 4.72 Å². The summed E-state index contributed by atoms with van der Waals surface area (Å²) < 4.78 is 62.9. The fourth-order valence-electron chi connectivity index (χ4n) is 0.820. The molecule has 0 aromatic carbocycles. The molecule has 0 bridgehead atoms. The molecule has 15 heavy (non-hydrogen) atoms. The molecule has 92 valence electrons. The van der Waals surface area contributed by atoms with E-state index in [9.17, 15) is 21.6 Å². The first-order valence-electron chi connectivity index (χ1n) is 3.93. The Kier molecular flexibility index (Phi) is 5.49. The largest absolute Gasteiger partial charge is 0.511 e. The number of methoxy groups -OCH3 is 1. The third-order valence-electron chi connectivity index (χ3n) is 1.47. The molecule has 0 aliphatic heterocycles. The summed E-state index contributed by atoms with van der Waals surface area (Å²) in [6, 6.07) is -1.09. The molecule has 0 fully saturated rings. The van der Waals surface area contributed by atoms with E-state index < -0.39 is 28.2 Å². The van der Waals surface area contributed by atoms with Gasteiger partial charge >= 0.3 is 15.5 Å². The predicted molar refractivity (Wildman–Crippen MR) is 45.5 cm³/mol. The summed E-state index contributed by atoms with van der Waals surface area (Å²) in [7, 11) is -4.17. The molecular formula is C6H12F3NO4S. The molecule has 9 heteroatoms. The van der Waals surface area contributed by atoms with Crippen LogP contribution in [0.15, 0.2) is 0 Å². The molecule has 0 aliphatic rings. The van der Waals surface area contributed by atoms with Gasteiger partial charge in [0.05, 0.1) is 6.61 Å². The minimum atomic E-state index is -5.38. The van der Waals surface area contributed by atoms with Gasteiger partial charge in [0.15, 0.2) is 0 Å². The molecule has 2 N–H and O–H groups in total. The molecule has 0 radical (unpaired) electrons. The Balaban J connectivity index is 4.53. The Morgan fingerprint density at radius 3 is 2.33 bits per heavy atom. The Labute approximate surface area is 85.3 Å². The topological polar surface area (TPSA) is 75.6 Å². The molecule has 0 amide bonds. The Bertz CT molecular complexity index is 271. The molecule has 0 aromatic heterocycles. The molecule has 0 saturated heterocycles. The summed E-state index contributed by atoms with van der Waals surface area (Å²) in [5.41, 5.74) is -5.35. The van der Waals surface area contributed by atoms with Crippen molar-refractivity contribution < 1.29 is 31.4 Å². The van der Waals surface area contributed by atoms with E-state index in [0.29, 0.717) is 0 Å². The van der Waals surface area contributed by atoms with Gasteiger partial charge in [0.2, 0.25) is 0 Å². The lowest BCUT2D eigenvalue weighted by molar-refractivity contribution is -0.0454. The van der Waals surface area contributed by atoms with Gasteiger partial charge in [-0.15, -0.1) is 0 Å². The van der Waals surface area contributed by atoms with Crippen molar-refractivity contribution in [2.24, 2.45) is 0 Å². The first kappa shape index (κ1) is 14.6. The van der Waals surface area contributed by atoms with E-state index in [4.69, 9.17) is 5.11 Å². The quantitative estimate of drug-likeness (QED) is 0.687. The number of halogens is 3. The minimum absolute atomic E-state index is 0.150. The highest BCUT2D eigenvalue weighted by atomic mass is 32.2. The van der Waals surface area contributed by atoms with Crippen molar-refractivity contribution in [3.05, 3.63) is 0 Å². The van der Waals surface area contributed by atoms with Crippen LogP contribution in [0, 0.1) is 0 Å². The van der Waals surface area contributed by atoms with Crippen molar-refractivity contribution >= 4 is 10.0 Å². The van der Waals surface area contributed by atoms with Crippen LogP contribution in [0.1, 0.15) is 6.42 Å². The van der Waals surface area contributed by atoms with Crippen molar-refractivity contribution in [3.8, 4) is 0 Å². The molecule has 5 nitrogen and oxygen atoms in total. The second-order valence-corrected chi connectivity index (χ2v) is 4.44. The number of ether oxygens (including phenoxy) is 1. The van der Waals surface area contributed by atoms with Crippen molar-refractivity contribution in [1.29, 1.82) is 0 Å². The van der Waals surface area contributed by atoms with Crippen LogP contribution in [0.2, 0.25) is 0 Å². The molecule has 0 aliphatic carbocycles. The average molecular weight is 251 g/mol. The van der Waals surface area contributed by atoms with E-state index in [-0.39, 0.29) is 13.0 Å². The molecule has 0 heterocycles. The van der Waals surface area contributed by atoms with Crippen LogP contribution in [0.3, 0.4) is 0 Å². The smallest absolute Gasteiger partial charge is 0.396 e. The van der Waals surface area contributed by atoms with Gasteiger partial charge in [-0.3, -0.25) is 0 Å². The maximum Gasteiger partial charge on any atom is 0.511 e. The summed E-state index contributed by atoms with van der Waals surface area (Å²) in [5.74, 6) is 0. The number of aliphatic hydroxyl groups is 1. The van der Waals surface area contributed by atoms with Crippen LogP contribution in [-0.2, 0) is 14.8 Å². The molecule has 1 atom stereocenters. The Morgan fingerprint density at radius 1 is 1.47 bits per heavy atom. The molecule has 0 rings (SSSR count). The first-order valence-corrected chi connectivity index (χ1v) is 5.41. The Hall–Kier alpha value is -0.380. The van der Waals surface area contributed by atoms with Gasteiger partial charge in [0.1, 0.15) is 0 Å². The van der Waals surface area contributed by atoms with Crippen LogP contribution in [-0.4, -0.2) is 45.4 Å².